The van der Waals surface area contributed by atoms with E-state index in [-0.39, 0.29) is 17.8 Å². The lowest BCUT2D eigenvalue weighted by atomic mass is 10.0. The summed E-state index contributed by atoms with van der Waals surface area (Å²) in [5.74, 6) is -0.739. The number of rotatable bonds is 5. The fourth-order valence-electron chi connectivity index (χ4n) is 4.03. The van der Waals surface area contributed by atoms with Crippen LogP contribution in [0.5, 0.6) is 0 Å². The summed E-state index contributed by atoms with van der Waals surface area (Å²) in [6.45, 7) is 4.53. The number of likely N-dealkylation sites (tertiary alicyclic amines) is 1. The number of aromatic nitrogens is 2. The second-order valence-electron chi connectivity index (χ2n) is 7.53. The van der Waals surface area contributed by atoms with Crippen LogP contribution in [0.4, 0.5) is 4.39 Å². The van der Waals surface area contributed by atoms with Gasteiger partial charge in [0.15, 0.2) is 0 Å². The van der Waals surface area contributed by atoms with Gasteiger partial charge in [-0.05, 0) is 68.7 Å². The highest BCUT2D eigenvalue weighted by atomic mass is 19.1. The third-order valence-electron chi connectivity index (χ3n) is 5.63. The molecule has 7 heteroatoms. The van der Waals surface area contributed by atoms with Crippen LogP contribution < -0.4 is 0 Å². The molecule has 0 bridgehead atoms. The van der Waals surface area contributed by atoms with Gasteiger partial charge < -0.3 is 9.64 Å². The van der Waals surface area contributed by atoms with Gasteiger partial charge >= 0.3 is 5.97 Å². The van der Waals surface area contributed by atoms with Crippen molar-refractivity contribution in [2.24, 2.45) is 0 Å². The first-order valence-electron chi connectivity index (χ1n) is 10.4. The average Bonchev–Trinajstić information content (AvgIpc) is 3.41. The standard InChI is InChI=1S/C24H24FN3O3/c1-3-31-24(30)21-15-26-28(16(21)2)20-12-8-18(9-13-20)23(29)27-14-4-5-22(27)17-6-10-19(25)11-7-17/h6-13,15,22H,3-5,14H2,1-2H3. The Morgan fingerprint density at radius 3 is 2.52 bits per heavy atom. The van der Waals surface area contributed by atoms with Crippen LogP contribution >= 0.6 is 0 Å². The third kappa shape index (κ3) is 4.08. The highest BCUT2D eigenvalue weighted by Crippen LogP contribution is 2.33. The molecule has 1 saturated heterocycles. The molecule has 1 unspecified atom stereocenters. The molecule has 6 nitrogen and oxygen atoms in total. The Kier molecular flexibility index (Phi) is 5.84. The number of hydrogen-bond donors (Lipinski definition) is 0. The number of nitrogens with zero attached hydrogens (tertiary/aromatic N) is 3. The van der Waals surface area contributed by atoms with Gasteiger partial charge in [0.05, 0.1) is 30.2 Å². The summed E-state index contributed by atoms with van der Waals surface area (Å²) in [6.07, 6.45) is 3.26. The zero-order chi connectivity index (χ0) is 22.0. The Hall–Kier alpha value is -3.48. The van der Waals surface area contributed by atoms with E-state index in [1.807, 2.05) is 17.0 Å². The van der Waals surface area contributed by atoms with Gasteiger partial charge in [-0.2, -0.15) is 5.10 Å². The van der Waals surface area contributed by atoms with Crippen molar-refractivity contribution < 1.29 is 18.7 Å². The number of esters is 1. The number of halogens is 1. The van der Waals surface area contributed by atoms with E-state index >= 15 is 0 Å². The highest BCUT2D eigenvalue weighted by Gasteiger charge is 2.30. The summed E-state index contributed by atoms with van der Waals surface area (Å²) >= 11 is 0. The fraction of sp³-hybridized carbons (Fsp3) is 0.292. The lowest BCUT2D eigenvalue weighted by Crippen LogP contribution is -2.30. The van der Waals surface area contributed by atoms with Crippen LogP contribution in [0.3, 0.4) is 0 Å². The van der Waals surface area contributed by atoms with E-state index < -0.39 is 5.97 Å². The fourth-order valence-corrected chi connectivity index (χ4v) is 4.03. The molecule has 1 fully saturated rings. The van der Waals surface area contributed by atoms with Crippen molar-refractivity contribution in [1.29, 1.82) is 0 Å². The van der Waals surface area contributed by atoms with E-state index in [1.54, 1.807) is 42.8 Å². The molecule has 0 spiro atoms. The van der Waals surface area contributed by atoms with E-state index in [9.17, 15) is 14.0 Å². The Morgan fingerprint density at radius 2 is 1.84 bits per heavy atom. The van der Waals surface area contributed by atoms with Gasteiger partial charge in [0.1, 0.15) is 11.4 Å². The maximum atomic E-state index is 13.3. The molecule has 1 aliphatic rings. The molecule has 31 heavy (non-hydrogen) atoms. The predicted molar refractivity (Wildman–Crippen MR) is 114 cm³/mol. The van der Waals surface area contributed by atoms with Crippen LogP contribution in [0.15, 0.2) is 54.7 Å². The number of amides is 1. The third-order valence-corrected chi connectivity index (χ3v) is 5.63. The van der Waals surface area contributed by atoms with Crippen LogP contribution in [0.2, 0.25) is 0 Å². The molecule has 160 valence electrons. The Morgan fingerprint density at radius 1 is 1.13 bits per heavy atom. The average molecular weight is 421 g/mol. The van der Waals surface area contributed by atoms with Crippen molar-refractivity contribution in [2.75, 3.05) is 13.2 Å². The number of ether oxygens (including phenoxy) is 1. The van der Waals surface area contributed by atoms with Gasteiger partial charge in [-0.15, -0.1) is 0 Å². The lowest BCUT2D eigenvalue weighted by molar-refractivity contribution is 0.0525. The van der Waals surface area contributed by atoms with E-state index in [4.69, 9.17) is 4.74 Å². The molecule has 0 saturated carbocycles. The van der Waals surface area contributed by atoms with Crippen molar-refractivity contribution in [3.63, 3.8) is 0 Å². The monoisotopic (exact) mass is 421 g/mol. The van der Waals surface area contributed by atoms with Crippen LogP contribution in [0.1, 0.15) is 57.8 Å². The van der Waals surface area contributed by atoms with Gasteiger partial charge in [0, 0.05) is 12.1 Å². The zero-order valence-corrected chi connectivity index (χ0v) is 17.5. The summed E-state index contributed by atoms with van der Waals surface area (Å²) in [7, 11) is 0. The largest absolute Gasteiger partial charge is 0.462 e. The molecule has 0 N–H and O–H groups in total. The molecule has 4 rings (SSSR count). The molecular formula is C24H24FN3O3. The minimum absolute atomic E-state index is 0.0479. The molecule has 0 radical (unpaired) electrons. The molecule has 2 aromatic carbocycles. The van der Waals surface area contributed by atoms with Gasteiger partial charge in [0.2, 0.25) is 0 Å². The lowest BCUT2D eigenvalue weighted by Gasteiger charge is -2.25. The maximum Gasteiger partial charge on any atom is 0.341 e. The summed E-state index contributed by atoms with van der Waals surface area (Å²) in [5.41, 5.74) is 3.37. The molecule has 1 aliphatic heterocycles. The highest BCUT2D eigenvalue weighted by molar-refractivity contribution is 5.95. The SMILES string of the molecule is CCOC(=O)c1cnn(-c2ccc(C(=O)N3CCCC3c3ccc(F)cc3)cc2)c1C. The molecule has 3 aromatic rings. The summed E-state index contributed by atoms with van der Waals surface area (Å²) in [5, 5.41) is 4.29. The second-order valence-corrected chi connectivity index (χ2v) is 7.53. The Bertz CT molecular complexity index is 1090. The van der Waals surface area contributed by atoms with Crippen molar-refractivity contribution in [3.8, 4) is 5.69 Å². The summed E-state index contributed by atoms with van der Waals surface area (Å²) in [6, 6.07) is 13.5. The van der Waals surface area contributed by atoms with Crippen LogP contribution in [0, 0.1) is 12.7 Å². The van der Waals surface area contributed by atoms with Gasteiger partial charge in [-0.1, -0.05) is 12.1 Å². The minimum atomic E-state index is -0.404. The minimum Gasteiger partial charge on any atom is -0.462 e. The topological polar surface area (TPSA) is 64.4 Å². The molecule has 1 amide bonds. The number of carbonyl (C=O) groups is 2. The van der Waals surface area contributed by atoms with Gasteiger partial charge in [0.25, 0.3) is 5.91 Å². The van der Waals surface area contributed by atoms with Gasteiger partial charge in [-0.25, -0.2) is 13.9 Å². The number of hydrogen-bond acceptors (Lipinski definition) is 4. The van der Waals surface area contributed by atoms with Crippen LogP contribution in [-0.2, 0) is 4.74 Å². The predicted octanol–water partition coefficient (Wildman–Crippen LogP) is 4.47. The Labute approximate surface area is 180 Å². The van der Waals surface area contributed by atoms with Crippen molar-refractivity contribution in [3.05, 3.63) is 82.9 Å². The van der Waals surface area contributed by atoms with E-state index in [1.165, 1.54) is 18.3 Å². The smallest absolute Gasteiger partial charge is 0.341 e. The first-order chi connectivity index (χ1) is 15.0. The number of carbonyl (C=O) groups excluding carboxylic acids is 2. The Balaban J connectivity index is 1.53. The normalized spacial score (nSPS) is 15.8. The summed E-state index contributed by atoms with van der Waals surface area (Å²) < 4.78 is 20.0. The number of benzene rings is 2. The zero-order valence-electron chi connectivity index (χ0n) is 17.5. The van der Waals surface area contributed by atoms with Gasteiger partial charge in [-0.3, -0.25) is 4.79 Å². The maximum absolute atomic E-state index is 13.3. The molecule has 1 aromatic heterocycles. The molecule has 1 atom stereocenters. The summed E-state index contributed by atoms with van der Waals surface area (Å²) in [4.78, 5) is 27.0. The van der Waals surface area contributed by atoms with E-state index in [0.29, 0.717) is 30.0 Å². The van der Waals surface area contributed by atoms with Crippen molar-refractivity contribution in [1.82, 2.24) is 14.7 Å². The molecular weight excluding hydrogens is 397 g/mol. The molecule has 0 aliphatic carbocycles. The second kappa shape index (κ2) is 8.71. The van der Waals surface area contributed by atoms with Crippen molar-refractivity contribution >= 4 is 11.9 Å². The van der Waals surface area contributed by atoms with E-state index in [0.717, 1.165) is 24.1 Å². The van der Waals surface area contributed by atoms with Crippen LogP contribution in [0.25, 0.3) is 5.69 Å². The quantitative estimate of drug-likeness (QED) is 0.570. The van der Waals surface area contributed by atoms with Crippen LogP contribution in [-0.4, -0.2) is 39.7 Å². The first kappa shape index (κ1) is 20.8. The first-order valence-corrected chi connectivity index (χ1v) is 10.4. The molecule has 2 heterocycles. The van der Waals surface area contributed by atoms with Crippen molar-refractivity contribution in [2.45, 2.75) is 32.7 Å². The van der Waals surface area contributed by atoms with E-state index in [2.05, 4.69) is 5.10 Å².